The molecule has 2 nitrogen and oxygen atoms in total. The highest BCUT2D eigenvalue weighted by Gasteiger charge is 2.16. The number of carbonyl (C=O) groups excluding carboxylic acids is 1. The minimum absolute atomic E-state index is 0.00528. The van der Waals surface area contributed by atoms with Crippen molar-refractivity contribution in [2.45, 2.75) is 39.7 Å². The predicted molar refractivity (Wildman–Crippen MR) is 75.1 cm³/mol. The minimum atomic E-state index is 0.00528. The van der Waals surface area contributed by atoms with Gasteiger partial charge in [0, 0.05) is 16.1 Å². The zero-order chi connectivity index (χ0) is 12.8. The normalized spacial score (nSPS) is 12.5. The van der Waals surface area contributed by atoms with Crippen LogP contribution >= 0.6 is 15.9 Å². The molecule has 0 spiro atoms. The fraction of sp³-hybridized carbons (Fsp3) is 0.500. The average Bonchev–Trinajstić information content (AvgIpc) is 2.30. The molecule has 1 unspecified atom stereocenters. The van der Waals surface area contributed by atoms with Gasteiger partial charge in [0.05, 0.1) is 0 Å². The van der Waals surface area contributed by atoms with Gasteiger partial charge < -0.3 is 5.32 Å². The summed E-state index contributed by atoms with van der Waals surface area (Å²) in [6, 6.07) is 7.69. The van der Waals surface area contributed by atoms with E-state index in [0.717, 1.165) is 17.3 Å². The number of benzene rings is 1. The van der Waals surface area contributed by atoms with Gasteiger partial charge in [0.15, 0.2) is 0 Å². The van der Waals surface area contributed by atoms with E-state index in [1.807, 2.05) is 24.3 Å². The Hall–Kier alpha value is -0.830. The first kappa shape index (κ1) is 14.2. The molecule has 0 aliphatic rings. The maximum Gasteiger partial charge on any atom is 0.251 e. The van der Waals surface area contributed by atoms with E-state index >= 15 is 0 Å². The molecule has 0 fully saturated rings. The second-order valence-corrected chi connectivity index (χ2v) is 5.26. The fourth-order valence-electron chi connectivity index (χ4n) is 2.03. The highest BCUT2D eigenvalue weighted by Crippen LogP contribution is 2.15. The molecule has 1 amide bonds. The Balaban J connectivity index is 2.66. The van der Waals surface area contributed by atoms with E-state index in [2.05, 4.69) is 42.0 Å². The van der Waals surface area contributed by atoms with Crippen molar-refractivity contribution in [2.75, 3.05) is 0 Å². The number of nitrogens with one attached hydrogen (secondary N) is 1. The Kier molecular flexibility index (Phi) is 5.69. The molecular weight excluding hydrogens is 278 g/mol. The molecule has 0 bridgehead atoms. The van der Waals surface area contributed by atoms with Crippen molar-refractivity contribution < 1.29 is 4.79 Å². The second-order valence-electron chi connectivity index (χ2n) is 4.35. The molecule has 1 atom stereocenters. The van der Waals surface area contributed by atoms with E-state index in [1.165, 1.54) is 0 Å². The summed E-state index contributed by atoms with van der Waals surface area (Å²) in [6.07, 6.45) is 2.19. The highest BCUT2D eigenvalue weighted by atomic mass is 79.9. The Labute approximate surface area is 112 Å². The third-order valence-electron chi connectivity index (χ3n) is 3.20. The summed E-state index contributed by atoms with van der Waals surface area (Å²) in [7, 11) is 0. The van der Waals surface area contributed by atoms with Crippen molar-refractivity contribution in [2.24, 2.45) is 5.92 Å². The minimum Gasteiger partial charge on any atom is -0.349 e. The Bertz CT molecular complexity index is 374. The van der Waals surface area contributed by atoms with E-state index < -0.39 is 0 Å². The number of halogens is 1. The SMILES string of the molecule is CCC(CC)C(C)NC(=O)c1cccc(Br)c1. The van der Waals surface area contributed by atoms with E-state index in [1.54, 1.807) is 0 Å². The molecule has 17 heavy (non-hydrogen) atoms. The number of carbonyl (C=O) groups is 1. The number of hydrogen-bond acceptors (Lipinski definition) is 1. The largest absolute Gasteiger partial charge is 0.349 e. The second kappa shape index (κ2) is 6.80. The Morgan fingerprint density at radius 3 is 2.53 bits per heavy atom. The van der Waals surface area contributed by atoms with Crippen LogP contribution in [0.2, 0.25) is 0 Å². The summed E-state index contributed by atoms with van der Waals surface area (Å²) in [5.41, 5.74) is 0.706. The molecule has 1 aromatic rings. The first-order chi connectivity index (χ1) is 8.08. The van der Waals surface area contributed by atoms with Crippen LogP contribution in [0.4, 0.5) is 0 Å². The van der Waals surface area contributed by atoms with Gasteiger partial charge in [-0.3, -0.25) is 4.79 Å². The summed E-state index contributed by atoms with van der Waals surface area (Å²) in [4.78, 5) is 12.0. The summed E-state index contributed by atoms with van der Waals surface area (Å²) < 4.78 is 0.931. The molecule has 1 N–H and O–H groups in total. The molecule has 3 heteroatoms. The van der Waals surface area contributed by atoms with Crippen LogP contribution in [0.3, 0.4) is 0 Å². The van der Waals surface area contributed by atoms with Crippen LogP contribution in [0.25, 0.3) is 0 Å². The lowest BCUT2D eigenvalue weighted by molar-refractivity contribution is 0.0925. The van der Waals surface area contributed by atoms with E-state index in [4.69, 9.17) is 0 Å². The lowest BCUT2D eigenvalue weighted by Crippen LogP contribution is -2.37. The van der Waals surface area contributed by atoms with Crippen molar-refractivity contribution in [1.29, 1.82) is 0 Å². The quantitative estimate of drug-likeness (QED) is 0.874. The van der Waals surface area contributed by atoms with E-state index in [-0.39, 0.29) is 11.9 Å². The van der Waals surface area contributed by atoms with Crippen LogP contribution in [0.1, 0.15) is 44.0 Å². The molecular formula is C14H20BrNO. The van der Waals surface area contributed by atoms with Gasteiger partial charge in [0.25, 0.3) is 5.91 Å². The van der Waals surface area contributed by atoms with Crippen molar-refractivity contribution in [3.8, 4) is 0 Å². The third-order valence-corrected chi connectivity index (χ3v) is 3.69. The van der Waals surface area contributed by atoms with E-state index in [9.17, 15) is 4.79 Å². The summed E-state index contributed by atoms with van der Waals surface area (Å²) in [6.45, 7) is 6.40. The summed E-state index contributed by atoms with van der Waals surface area (Å²) in [5, 5.41) is 3.07. The maximum absolute atomic E-state index is 12.0. The molecule has 0 radical (unpaired) electrons. The molecule has 1 aromatic carbocycles. The number of amides is 1. The van der Waals surface area contributed by atoms with Crippen molar-refractivity contribution in [3.63, 3.8) is 0 Å². The number of hydrogen-bond donors (Lipinski definition) is 1. The Morgan fingerprint density at radius 1 is 1.35 bits per heavy atom. The first-order valence-corrected chi connectivity index (χ1v) is 6.94. The zero-order valence-corrected chi connectivity index (χ0v) is 12.3. The van der Waals surface area contributed by atoms with Gasteiger partial charge in [-0.2, -0.15) is 0 Å². The molecule has 0 saturated heterocycles. The lowest BCUT2D eigenvalue weighted by atomic mass is 9.95. The number of rotatable bonds is 5. The summed E-state index contributed by atoms with van der Waals surface area (Å²) in [5.74, 6) is 0.553. The lowest BCUT2D eigenvalue weighted by Gasteiger charge is -2.22. The van der Waals surface area contributed by atoms with Crippen LogP contribution in [-0.4, -0.2) is 11.9 Å². The van der Waals surface area contributed by atoms with Crippen LogP contribution in [-0.2, 0) is 0 Å². The van der Waals surface area contributed by atoms with Gasteiger partial charge in [-0.1, -0.05) is 48.7 Å². The van der Waals surface area contributed by atoms with Gasteiger partial charge in [-0.05, 0) is 31.0 Å². The molecule has 0 aromatic heterocycles. The van der Waals surface area contributed by atoms with Crippen molar-refractivity contribution >= 4 is 21.8 Å². The molecule has 0 aliphatic heterocycles. The smallest absolute Gasteiger partial charge is 0.251 e. The van der Waals surface area contributed by atoms with Gasteiger partial charge in [-0.25, -0.2) is 0 Å². The van der Waals surface area contributed by atoms with Crippen LogP contribution in [0.5, 0.6) is 0 Å². The zero-order valence-electron chi connectivity index (χ0n) is 10.7. The van der Waals surface area contributed by atoms with Gasteiger partial charge in [0.2, 0.25) is 0 Å². The molecule has 94 valence electrons. The average molecular weight is 298 g/mol. The van der Waals surface area contributed by atoms with Crippen molar-refractivity contribution in [1.82, 2.24) is 5.32 Å². The molecule has 0 saturated carbocycles. The van der Waals surface area contributed by atoms with Crippen LogP contribution in [0.15, 0.2) is 28.7 Å². The third kappa shape index (κ3) is 4.15. The predicted octanol–water partition coefficient (Wildman–Crippen LogP) is 4.00. The molecule has 0 aliphatic carbocycles. The first-order valence-electron chi connectivity index (χ1n) is 6.14. The molecule has 1 rings (SSSR count). The van der Waals surface area contributed by atoms with Gasteiger partial charge >= 0.3 is 0 Å². The van der Waals surface area contributed by atoms with Crippen LogP contribution in [0, 0.1) is 5.92 Å². The Morgan fingerprint density at radius 2 is 2.00 bits per heavy atom. The molecule has 0 heterocycles. The van der Waals surface area contributed by atoms with Crippen molar-refractivity contribution in [3.05, 3.63) is 34.3 Å². The summed E-state index contributed by atoms with van der Waals surface area (Å²) >= 11 is 3.37. The standard InChI is InChI=1S/C14H20BrNO/c1-4-11(5-2)10(3)16-14(17)12-7-6-8-13(15)9-12/h6-11H,4-5H2,1-3H3,(H,16,17). The monoisotopic (exact) mass is 297 g/mol. The van der Waals surface area contributed by atoms with Gasteiger partial charge in [0.1, 0.15) is 0 Å². The highest BCUT2D eigenvalue weighted by molar-refractivity contribution is 9.10. The fourth-order valence-corrected chi connectivity index (χ4v) is 2.43. The van der Waals surface area contributed by atoms with E-state index in [0.29, 0.717) is 11.5 Å². The van der Waals surface area contributed by atoms with Crippen LogP contribution < -0.4 is 5.32 Å². The maximum atomic E-state index is 12.0. The topological polar surface area (TPSA) is 29.1 Å². The van der Waals surface area contributed by atoms with Gasteiger partial charge in [-0.15, -0.1) is 0 Å².